The van der Waals surface area contributed by atoms with Gasteiger partial charge in [0.15, 0.2) is 0 Å². The summed E-state index contributed by atoms with van der Waals surface area (Å²) >= 11 is 0. The number of carbonyl (C=O) groups excluding carboxylic acids is 1. The first-order chi connectivity index (χ1) is 11.6. The largest absolute Gasteiger partial charge is 0.497 e. The van der Waals surface area contributed by atoms with Gasteiger partial charge in [0.25, 0.3) is 0 Å². The molecule has 1 aromatic rings. The Hall–Kier alpha value is -2.42. The fourth-order valence-corrected chi connectivity index (χ4v) is 3.05. The summed E-state index contributed by atoms with van der Waals surface area (Å²) in [6.07, 6.45) is 1.55. The Bertz CT molecular complexity index is 581. The summed E-state index contributed by atoms with van der Waals surface area (Å²) in [5.74, 6) is 0.451. The highest BCUT2D eigenvalue weighted by atomic mass is 16.5. The van der Waals surface area contributed by atoms with Crippen LogP contribution in [0.4, 0.5) is 5.69 Å². The molecular formula is C18H24N2O4. The van der Waals surface area contributed by atoms with Gasteiger partial charge in [-0.25, -0.2) is 0 Å². The minimum atomic E-state index is -0.674. The van der Waals surface area contributed by atoms with Crippen LogP contribution in [0.3, 0.4) is 0 Å². The molecule has 2 rings (SSSR count). The molecule has 0 saturated carbocycles. The van der Waals surface area contributed by atoms with Crippen LogP contribution in [0.5, 0.6) is 11.5 Å². The minimum Gasteiger partial charge on any atom is -0.497 e. The zero-order chi connectivity index (χ0) is 17.5. The highest BCUT2D eigenvalue weighted by Crippen LogP contribution is 2.33. The lowest BCUT2D eigenvalue weighted by atomic mass is 9.85. The molecule has 0 aromatic heterocycles. The number of esters is 1. The van der Waals surface area contributed by atoms with Crippen molar-refractivity contribution in [1.29, 1.82) is 5.26 Å². The SMILES string of the molecule is CCOC(=O)C(C#N)C1CCN(c2cc(OC)cc(OC)c2)CC1. The smallest absolute Gasteiger partial charge is 0.323 e. The van der Waals surface area contributed by atoms with Crippen LogP contribution in [0.1, 0.15) is 19.8 Å². The van der Waals surface area contributed by atoms with Crippen LogP contribution >= 0.6 is 0 Å². The first-order valence-electron chi connectivity index (χ1n) is 8.17. The molecule has 0 N–H and O–H groups in total. The number of ether oxygens (including phenoxy) is 3. The summed E-state index contributed by atoms with van der Waals surface area (Å²) < 4.78 is 15.6. The van der Waals surface area contributed by atoms with Crippen molar-refractivity contribution in [3.8, 4) is 17.6 Å². The van der Waals surface area contributed by atoms with E-state index in [-0.39, 0.29) is 5.92 Å². The van der Waals surface area contributed by atoms with Crippen molar-refractivity contribution in [2.24, 2.45) is 11.8 Å². The van der Waals surface area contributed by atoms with E-state index in [0.29, 0.717) is 6.61 Å². The van der Waals surface area contributed by atoms with E-state index in [1.165, 1.54) is 0 Å². The van der Waals surface area contributed by atoms with Gasteiger partial charge in [-0.15, -0.1) is 0 Å². The molecule has 1 fully saturated rings. The number of methoxy groups -OCH3 is 2. The van der Waals surface area contributed by atoms with Crippen molar-refractivity contribution in [2.75, 3.05) is 38.8 Å². The lowest BCUT2D eigenvalue weighted by Gasteiger charge is -2.35. The molecule has 1 saturated heterocycles. The molecule has 1 aliphatic heterocycles. The molecule has 0 amide bonds. The number of hydrogen-bond acceptors (Lipinski definition) is 6. The van der Waals surface area contributed by atoms with Crippen LogP contribution in [-0.2, 0) is 9.53 Å². The Balaban J connectivity index is 2.04. The number of nitrogens with zero attached hydrogens (tertiary/aromatic N) is 2. The van der Waals surface area contributed by atoms with E-state index in [1.807, 2.05) is 18.2 Å². The van der Waals surface area contributed by atoms with E-state index < -0.39 is 11.9 Å². The van der Waals surface area contributed by atoms with E-state index in [4.69, 9.17) is 14.2 Å². The Morgan fingerprint density at radius 2 is 1.83 bits per heavy atom. The maximum atomic E-state index is 11.9. The van der Waals surface area contributed by atoms with Crippen LogP contribution in [-0.4, -0.2) is 39.9 Å². The van der Waals surface area contributed by atoms with Crippen LogP contribution in [0, 0.1) is 23.2 Å². The standard InChI is InChI=1S/C18H24N2O4/c1-4-24-18(21)17(12-19)13-5-7-20(8-6-13)14-9-15(22-2)11-16(10-14)23-3/h9-11,13,17H,4-8H2,1-3H3. The molecule has 6 heteroatoms. The quantitative estimate of drug-likeness (QED) is 0.746. The Morgan fingerprint density at radius 1 is 1.25 bits per heavy atom. The topological polar surface area (TPSA) is 71.8 Å². The molecule has 6 nitrogen and oxygen atoms in total. The molecule has 0 bridgehead atoms. The first-order valence-corrected chi connectivity index (χ1v) is 8.17. The van der Waals surface area contributed by atoms with Gasteiger partial charge in [0, 0.05) is 37.0 Å². The molecular weight excluding hydrogens is 308 g/mol. The van der Waals surface area contributed by atoms with Gasteiger partial charge >= 0.3 is 5.97 Å². The summed E-state index contributed by atoms with van der Waals surface area (Å²) in [5.41, 5.74) is 1.02. The highest BCUT2D eigenvalue weighted by Gasteiger charge is 2.32. The second-order valence-corrected chi connectivity index (χ2v) is 5.75. The third-order valence-corrected chi connectivity index (χ3v) is 4.39. The van der Waals surface area contributed by atoms with Gasteiger partial charge in [-0.1, -0.05) is 0 Å². The Kier molecular flexibility index (Phi) is 6.30. The van der Waals surface area contributed by atoms with E-state index in [2.05, 4.69) is 11.0 Å². The summed E-state index contributed by atoms with van der Waals surface area (Å²) in [7, 11) is 3.25. The highest BCUT2D eigenvalue weighted by molar-refractivity contribution is 5.75. The van der Waals surface area contributed by atoms with Gasteiger partial charge in [-0.2, -0.15) is 5.26 Å². The number of rotatable bonds is 6. The van der Waals surface area contributed by atoms with E-state index in [0.717, 1.165) is 43.1 Å². The van der Waals surface area contributed by atoms with Crippen LogP contribution in [0.15, 0.2) is 18.2 Å². The molecule has 24 heavy (non-hydrogen) atoms. The fourth-order valence-electron chi connectivity index (χ4n) is 3.05. The predicted molar refractivity (Wildman–Crippen MR) is 90.2 cm³/mol. The average Bonchev–Trinajstić information content (AvgIpc) is 2.62. The zero-order valence-corrected chi connectivity index (χ0v) is 14.4. The number of hydrogen-bond donors (Lipinski definition) is 0. The maximum Gasteiger partial charge on any atom is 0.323 e. The van der Waals surface area contributed by atoms with Gasteiger partial charge in [0.1, 0.15) is 17.4 Å². The fraction of sp³-hybridized carbons (Fsp3) is 0.556. The maximum absolute atomic E-state index is 11.9. The average molecular weight is 332 g/mol. The molecule has 1 aliphatic rings. The van der Waals surface area contributed by atoms with Crippen molar-refractivity contribution < 1.29 is 19.0 Å². The normalized spacial score (nSPS) is 16.2. The molecule has 1 unspecified atom stereocenters. The molecule has 1 heterocycles. The molecule has 0 aliphatic carbocycles. The minimum absolute atomic E-state index is 0.0396. The predicted octanol–water partition coefficient (Wildman–Crippen LogP) is 2.62. The van der Waals surface area contributed by atoms with Crippen LogP contribution < -0.4 is 14.4 Å². The van der Waals surface area contributed by atoms with Crippen LogP contribution in [0.2, 0.25) is 0 Å². The van der Waals surface area contributed by atoms with Gasteiger partial charge < -0.3 is 19.1 Å². The molecule has 0 spiro atoms. The Labute approximate surface area is 142 Å². The van der Waals surface area contributed by atoms with Gasteiger partial charge in [0.2, 0.25) is 0 Å². The molecule has 0 radical (unpaired) electrons. The second-order valence-electron chi connectivity index (χ2n) is 5.75. The summed E-state index contributed by atoms with van der Waals surface area (Å²) in [6, 6.07) is 7.89. The zero-order valence-electron chi connectivity index (χ0n) is 14.4. The second kappa shape index (κ2) is 8.44. The van der Waals surface area contributed by atoms with Crippen molar-refractivity contribution in [3.63, 3.8) is 0 Å². The lowest BCUT2D eigenvalue weighted by Crippen LogP contribution is -2.38. The van der Waals surface area contributed by atoms with Crippen molar-refractivity contribution in [3.05, 3.63) is 18.2 Å². The number of piperidine rings is 1. The number of carbonyl (C=O) groups is 1. The number of benzene rings is 1. The first kappa shape index (κ1) is 17.9. The Morgan fingerprint density at radius 3 is 2.29 bits per heavy atom. The van der Waals surface area contributed by atoms with Gasteiger partial charge in [-0.05, 0) is 25.7 Å². The van der Waals surface area contributed by atoms with E-state index in [1.54, 1.807) is 21.1 Å². The van der Waals surface area contributed by atoms with Gasteiger partial charge in [-0.3, -0.25) is 4.79 Å². The molecule has 1 atom stereocenters. The van der Waals surface area contributed by atoms with Crippen LogP contribution in [0.25, 0.3) is 0 Å². The summed E-state index contributed by atoms with van der Waals surface area (Å²) in [6.45, 7) is 3.61. The van der Waals surface area contributed by atoms with Gasteiger partial charge in [0.05, 0.1) is 26.9 Å². The van der Waals surface area contributed by atoms with Crippen molar-refractivity contribution in [2.45, 2.75) is 19.8 Å². The van der Waals surface area contributed by atoms with Crippen molar-refractivity contribution >= 4 is 11.7 Å². The monoisotopic (exact) mass is 332 g/mol. The van der Waals surface area contributed by atoms with Crippen molar-refractivity contribution in [1.82, 2.24) is 0 Å². The lowest BCUT2D eigenvalue weighted by molar-refractivity contribution is -0.147. The molecule has 1 aromatic carbocycles. The van der Waals surface area contributed by atoms with E-state index >= 15 is 0 Å². The number of anilines is 1. The summed E-state index contributed by atoms with van der Waals surface area (Å²) in [4.78, 5) is 14.1. The third-order valence-electron chi connectivity index (χ3n) is 4.39. The molecule has 130 valence electrons. The van der Waals surface area contributed by atoms with E-state index in [9.17, 15) is 10.1 Å². The summed E-state index contributed by atoms with van der Waals surface area (Å²) in [5, 5.41) is 9.30. The third kappa shape index (κ3) is 4.10. The number of nitriles is 1.